The largest absolute Gasteiger partial charge is 0.466 e. The molecule has 0 saturated carbocycles. The van der Waals surface area contributed by atoms with Crippen LogP contribution in [0.3, 0.4) is 0 Å². The number of esters is 1. The van der Waals surface area contributed by atoms with Crippen LogP contribution in [0.15, 0.2) is 24.3 Å². The summed E-state index contributed by atoms with van der Waals surface area (Å²) in [7, 11) is 0. The van der Waals surface area contributed by atoms with Gasteiger partial charge in [0.25, 0.3) is 5.91 Å². The molecular weight excluding hydrogens is 410 g/mol. The number of thiocarbonyl (C=S) groups is 1. The van der Waals surface area contributed by atoms with E-state index in [2.05, 4.69) is 16.2 Å². The number of thiophene rings is 1. The SMILES string of the molecule is CCCOC(=O)CCC(=O)NC(=S)NNC(=O)c1sc2ccccc2c1Cl. The van der Waals surface area contributed by atoms with Gasteiger partial charge in [-0.3, -0.25) is 25.2 Å². The van der Waals surface area contributed by atoms with Crippen LogP contribution in [0.5, 0.6) is 0 Å². The topological polar surface area (TPSA) is 96.5 Å². The molecule has 3 N–H and O–H groups in total. The average molecular weight is 428 g/mol. The van der Waals surface area contributed by atoms with Gasteiger partial charge in [-0.1, -0.05) is 36.7 Å². The van der Waals surface area contributed by atoms with Gasteiger partial charge in [0.05, 0.1) is 18.1 Å². The second-order valence-corrected chi connectivity index (χ2v) is 7.26. The molecule has 1 heterocycles. The summed E-state index contributed by atoms with van der Waals surface area (Å²) in [5, 5.41) is 3.43. The van der Waals surface area contributed by atoms with Crippen LogP contribution < -0.4 is 16.2 Å². The van der Waals surface area contributed by atoms with Gasteiger partial charge in [0.2, 0.25) is 5.91 Å². The van der Waals surface area contributed by atoms with E-state index in [0.717, 1.165) is 16.5 Å². The standard InChI is InChI=1S/C17H18ClN3O4S2/c1-2-9-25-13(23)8-7-12(22)19-17(26)21-20-16(24)15-14(18)10-5-3-4-6-11(10)27-15/h3-6H,2,7-9H2,1H3,(H,20,24)(H2,19,21,22,26). The molecule has 0 unspecified atom stereocenters. The highest BCUT2D eigenvalue weighted by atomic mass is 35.5. The zero-order chi connectivity index (χ0) is 19.8. The highest BCUT2D eigenvalue weighted by molar-refractivity contribution is 7.80. The molecule has 0 aliphatic rings. The minimum Gasteiger partial charge on any atom is -0.466 e. The van der Waals surface area contributed by atoms with Gasteiger partial charge in [-0.25, -0.2) is 0 Å². The fourth-order valence-corrected chi connectivity index (χ4v) is 3.63. The predicted molar refractivity (Wildman–Crippen MR) is 109 cm³/mol. The number of carbonyl (C=O) groups is 3. The van der Waals surface area contributed by atoms with E-state index in [4.69, 9.17) is 28.6 Å². The number of hydrogen-bond donors (Lipinski definition) is 3. The lowest BCUT2D eigenvalue weighted by molar-refractivity contribution is -0.144. The smallest absolute Gasteiger partial charge is 0.306 e. The molecule has 0 fully saturated rings. The molecule has 0 aliphatic heterocycles. The van der Waals surface area contributed by atoms with Crippen LogP contribution in [-0.2, 0) is 14.3 Å². The van der Waals surface area contributed by atoms with Crippen molar-refractivity contribution in [1.29, 1.82) is 0 Å². The monoisotopic (exact) mass is 427 g/mol. The first-order valence-electron chi connectivity index (χ1n) is 8.15. The Kier molecular flexibility index (Phi) is 7.96. The minimum absolute atomic E-state index is 0.0435. The lowest BCUT2D eigenvalue weighted by Gasteiger charge is -2.10. The normalized spacial score (nSPS) is 10.3. The van der Waals surface area contributed by atoms with Crippen molar-refractivity contribution in [3.8, 4) is 0 Å². The number of benzene rings is 1. The number of hydrogen-bond acceptors (Lipinski definition) is 6. The van der Waals surface area contributed by atoms with Crippen LogP contribution in [0, 0.1) is 0 Å². The minimum atomic E-state index is -0.471. The Morgan fingerprint density at radius 2 is 1.93 bits per heavy atom. The molecule has 144 valence electrons. The van der Waals surface area contributed by atoms with Gasteiger partial charge >= 0.3 is 5.97 Å². The van der Waals surface area contributed by atoms with E-state index in [1.165, 1.54) is 11.3 Å². The molecule has 2 aromatic rings. The molecule has 0 aliphatic carbocycles. The highest BCUT2D eigenvalue weighted by Gasteiger charge is 2.17. The van der Waals surface area contributed by atoms with Crippen LogP contribution >= 0.6 is 35.2 Å². The number of carbonyl (C=O) groups excluding carboxylic acids is 3. The molecular formula is C17H18ClN3O4S2. The van der Waals surface area contributed by atoms with E-state index in [0.29, 0.717) is 16.5 Å². The van der Waals surface area contributed by atoms with Crippen molar-refractivity contribution in [2.45, 2.75) is 26.2 Å². The lowest BCUT2D eigenvalue weighted by Crippen LogP contribution is -2.48. The van der Waals surface area contributed by atoms with Crippen molar-refractivity contribution >= 4 is 68.1 Å². The highest BCUT2D eigenvalue weighted by Crippen LogP contribution is 2.34. The van der Waals surface area contributed by atoms with Crippen LogP contribution in [0.2, 0.25) is 5.02 Å². The lowest BCUT2D eigenvalue weighted by atomic mass is 10.2. The van der Waals surface area contributed by atoms with Crippen molar-refractivity contribution in [2.75, 3.05) is 6.61 Å². The molecule has 7 nitrogen and oxygen atoms in total. The second-order valence-electron chi connectivity index (χ2n) is 5.42. The van der Waals surface area contributed by atoms with E-state index < -0.39 is 17.8 Å². The maximum absolute atomic E-state index is 12.3. The van der Waals surface area contributed by atoms with Gasteiger partial charge in [-0.05, 0) is 24.7 Å². The van der Waals surface area contributed by atoms with E-state index in [1.807, 2.05) is 31.2 Å². The maximum atomic E-state index is 12.3. The van der Waals surface area contributed by atoms with Crippen LogP contribution in [-0.4, -0.2) is 29.5 Å². The summed E-state index contributed by atoms with van der Waals surface area (Å²) < 4.78 is 5.76. The summed E-state index contributed by atoms with van der Waals surface area (Å²) in [5.41, 5.74) is 4.83. The van der Waals surface area contributed by atoms with Crippen molar-refractivity contribution in [1.82, 2.24) is 16.2 Å². The Bertz CT molecular complexity index is 869. The number of nitrogens with one attached hydrogen (secondary N) is 3. The number of hydrazine groups is 1. The molecule has 10 heteroatoms. The van der Waals surface area contributed by atoms with Crippen LogP contribution in [0.4, 0.5) is 0 Å². The fourth-order valence-electron chi connectivity index (χ4n) is 2.05. The predicted octanol–water partition coefficient (Wildman–Crippen LogP) is 2.92. The summed E-state index contributed by atoms with van der Waals surface area (Å²) in [5.74, 6) is -1.38. The van der Waals surface area contributed by atoms with Gasteiger partial charge in [0.1, 0.15) is 4.88 Å². The summed E-state index contributed by atoms with van der Waals surface area (Å²) in [4.78, 5) is 35.7. The molecule has 1 aromatic carbocycles. The molecule has 0 saturated heterocycles. The van der Waals surface area contributed by atoms with E-state index >= 15 is 0 Å². The molecule has 0 bridgehead atoms. The Morgan fingerprint density at radius 3 is 2.63 bits per heavy atom. The number of amides is 2. The van der Waals surface area contributed by atoms with Gasteiger partial charge < -0.3 is 10.1 Å². The molecule has 0 atom stereocenters. The molecule has 27 heavy (non-hydrogen) atoms. The zero-order valence-corrected chi connectivity index (χ0v) is 16.9. The first-order chi connectivity index (χ1) is 12.9. The number of fused-ring (bicyclic) bond motifs is 1. The summed E-state index contributed by atoms with van der Waals surface area (Å²) in [6.45, 7) is 2.21. The Morgan fingerprint density at radius 1 is 1.19 bits per heavy atom. The third-order valence-electron chi connectivity index (χ3n) is 3.31. The molecule has 2 rings (SSSR count). The van der Waals surface area contributed by atoms with Crippen LogP contribution in [0.25, 0.3) is 10.1 Å². The van der Waals surface area contributed by atoms with Crippen molar-refractivity contribution in [3.05, 3.63) is 34.2 Å². The van der Waals surface area contributed by atoms with E-state index in [-0.39, 0.29) is 18.0 Å². The van der Waals surface area contributed by atoms with E-state index in [1.54, 1.807) is 0 Å². The van der Waals surface area contributed by atoms with Gasteiger partial charge in [0, 0.05) is 16.5 Å². The fraction of sp³-hybridized carbons (Fsp3) is 0.294. The average Bonchev–Trinajstić information content (AvgIpc) is 3.00. The summed E-state index contributed by atoms with van der Waals surface area (Å²) >= 11 is 12.4. The molecule has 0 radical (unpaired) electrons. The molecule has 1 aromatic heterocycles. The third-order valence-corrected chi connectivity index (χ3v) is 5.19. The van der Waals surface area contributed by atoms with Crippen molar-refractivity contribution in [3.63, 3.8) is 0 Å². The number of rotatable bonds is 6. The Labute approximate surface area is 170 Å². The number of ether oxygens (including phenoxy) is 1. The third kappa shape index (κ3) is 6.16. The Hall–Kier alpha value is -2.23. The van der Waals surface area contributed by atoms with Gasteiger partial charge in [-0.15, -0.1) is 11.3 Å². The maximum Gasteiger partial charge on any atom is 0.306 e. The first-order valence-corrected chi connectivity index (χ1v) is 9.75. The van der Waals surface area contributed by atoms with Crippen LogP contribution in [0.1, 0.15) is 35.9 Å². The second kappa shape index (κ2) is 10.2. The first kappa shape index (κ1) is 21.1. The van der Waals surface area contributed by atoms with Gasteiger partial charge in [-0.2, -0.15) is 0 Å². The molecule has 2 amide bonds. The van der Waals surface area contributed by atoms with Crippen molar-refractivity contribution < 1.29 is 19.1 Å². The number of halogens is 1. The zero-order valence-electron chi connectivity index (χ0n) is 14.5. The summed E-state index contributed by atoms with van der Waals surface area (Å²) in [6, 6.07) is 7.39. The summed E-state index contributed by atoms with van der Waals surface area (Å²) in [6.07, 6.45) is 0.605. The van der Waals surface area contributed by atoms with Crippen molar-refractivity contribution in [2.24, 2.45) is 0 Å². The quantitative estimate of drug-likeness (QED) is 0.372. The van der Waals surface area contributed by atoms with E-state index in [9.17, 15) is 14.4 Å². The molecule has 0 spiro atoms. The van der Waals surface area contributed by atoms with Gasteiger partial charge in [0.15, 0.2) is 5.11 Å². The Balaban J connectivity index is 1.79.